The number of fused-ring (bicyclic) bond motifs is 5. The van der Waals surface area contributed by atoms with E-state index in [1.165, 1.54) is 6.42 Å². The fourth-order valence-electron chi connectivity index (χ4n) is 12.4. The number of aromatic hydroxyl groups is 3. The van der Waals surface area contributed by atoms with Crippen molar-refractivity contribution in [1.82, 2.24) is 0 Å². The van der Waals surface area contributed by atoms with E-state index in [1.54, 1.807) is 0 Å². The molecule has 7 heteroatoms. The van der Waals surface area contributed by atoms with Gasteiger partial charge in [0.05, 0.1) is 22.9 Å². The number of rotatable bonds is 3. The Balaban J connectivity index is 1.26. The highest BCUT2D eigenvalue weighted by molar-refractivity contribution is 5.91. The van der Waals surface area contributed by atoms with Crippen molar-refractivity contribution < 1.29 is 34.7 Å². The molecule has 1 aromatic carbocycles. The first kappa shape index (κ1) is 32.0. The first-order chi connectivity index (χ1) is 20.3. The topological polar surface area (TPSA) is 116 Å². The lowest BCUT2D eigenvalue weighted by Gasteiger charge is -2.70. The van der Waals surface area contributed by atoms with Crippen LogP contribution in [-0.4, -0.2) is 49.8 Å². The van der Waals surface area contributed by atoms with E-state index >= 15 is 0 Å². The molecule has 0 amide bonds. The molecule has 5 aliphatic rings. The number of benzene rings is 1. The Morgan fingerprint density at radius 3 is 2.09 bits per heavy atom. The molecule has 4 N–H and O–H groups in total. The highest BCUT2D eigenvalue weighted by Crippen LogP contribution is 2.76. The summed E-state index contributed by atoms with van der Waals surface area (Å²) in [5.74, 6) is -1.11. The van der Waals surface area contributed by atoms with Crippen LogP contribution >= 0.6 is 0 Å². The molecular weight excluding hydrogens is 556 g/mol. The third-order valence-corrected chi connectivity index (χ3v) is 14.6. The average molecular weight is 613 g/mol. The van der Waals surface area contributed by atoms with Gasteiger partial charge in [0.1, 0.15) is 6.10 Å². The maximum atomic E-state index is 13.2. The van der Waals surface area contributed by atoms with Gasteiger partial charge in [-0.2, -0.15) is 0 Å². The second-order valence-electron chi connectivity index (χ2n) is 17.6. The molecule has 6 rings (SSSR count). The average Bonchev–Trinajstić information content (AvgIpc) is 3.30. The Hall–Kier alpha value is -1.99. The minimum absolute atomic E-state index is 0.00520. The summed E-state index contributed by atoms with van der Waals surface area (Å²) in [6.45, 7) is 18.7. The van der Waals surface area contributed by atoms with Crippen LogP contribution in [0, 0.1) is 45.3 Å². The number of phenolic OH excluding ortho intramolecular Hbond substituents is 3. The van der Waals surface area contributed by atoms with Gasteiger partial charge in [-0.25, -0.2) is 4.79 Å². The summed E-state index contributed by atoms with van der Waals surface area (Å²) in [6, 6.07) is 2.27. The van der Waals surface area contributed by atoms with Crippen molar-refractivity contribution in [2.45, 2.75) is 143 Å². The first-order valence-electron chi connectivity index (χ1n) is 17.1. The maximum absolute atomic E-state index is 13.2. The predicted molar refractivity (Wildman–Crippen MR) is 168 cm³/mol. The summed E-state index contributed by atoms with van der Waals surface area (Å²) in [7, 11) is 0. The van der Waals surface area contributed by atoms with Crippen molar-refractivity contribution in [3.8, 4) is 17.2 Å². The molecule has 4 unspecified atom stereocenters. The SMILES string of the molecule is CC1(C)CCC[C@](C)(C2CC[C@]3(C)C2[C@H](O)CC2[C@@]4(C)CC[C@H](OC(=O)c5cc(O)c(O)c(O)c5)C(C)(C)C4CC[C@]23C)O1. The molecule has 44 heavy (non-hydrogen) atoms. The number of phenols is 3. The second kappa shape index (κ2) is 10.0. The number of hydrogen-bond donors (Lipinski definition) is 4. The molecular formula is C37H56O7. The van der Waals surface area contributed by atoms with Crippen molar-refractivity contribution in [1.29, 1.82) is 0 Å². The van der Waals surface area contributed by atoms with Crippen LogP contribution in [0.4, 0.5) is 0 Å². The standard InChI is InChI=1S/C37H56O7/c1-32(2)13-9-14-37(8,44-32)22-10-16-36(7)29(22)23(38)20-27-34(5)15-12-28(33(3,4)26(34)11-17-35(27,36)6)43-31(42)21-18-24(39)30(41)25(40)19-21/h18-19,22-23,26-29,38-41H,9-17,20H2,1-8H3/t22?,23-,26?,27?,28+,29?,34+,35-,36-,37-/m1/s1. The van der Waals surface area contributed by atoms with Gasteiger partial charge in [0.2, 0.25) is 0 Å². The molecule has 0 bridgehead atoms. The molecule has 1 aliphatic heterocycles. The molecule has 10 atom stereocenters. The van der Waals surface area contributed by atoms with Crippen LogP contribution < -0.4 is 0 Å². The molecule has 1 heterocycles. The van der Waals surface area contributed by atoms with Crippen LogP contribution in [0.5, 0.6) is 17.2 Å². The van der Waals surface area contributed by atoms with Crippen LogP contribution in [0.25, 0.3) is 0 Å². The molecule has 4 aliphatic carbocycles. The van der Waals surface area contributed by atoms with Crippen molar-refractivity contribution in [3.05, 3.63) is 17.7 Å². The number of aliphatic hydroxyl groups excluding tert-OH is 1. The number of esters is 1. The van der Waals surface area contributed by atoms with Crippen LogP contribution in [-0.2, 0) is 9.47 Å². The summed E-state index contributed by atoms with van der Waals surface area (Å²) < 4.78 is 13.0. The van der Waals surface area contributed by atoms with E-state index in [0.717, 1.165) is 63.5 Å². The van der Waals surface area contributed by atoms with Crippen molar-refractivity contribution in [2.75, 3.05) is 0 Å². The lowest BCUT2D eigenvalue weighted by molar-refractivity contribution is -0.257. The summed E-state index contributed by atoms with van der Waals surface area (Å²) >= 11 is 0. The number of carbonyl (C=O) groups excluding carboxylic acids is 1. The number of carbonyl (C=O) groups is 1. The fraction of sp³-hybridized carbons (Fsp3) is 0.811. The molecule has 1 saturated heterocycles. The monoisotopic (exact) mass is 612 g/mol. The lowest BCUT2D eigenvalue weighted by Crippen LogP contribution is -2.67. The Kier molecular flexibility index (Phi) is 7.27. The molecule has 0 radical (unpaired) electrons. The zero-order valence-electron chi connectivity index (χ0n) is 28.2. The third-order valence-electron chi connectivity index (χ3n) is 14.6. The maximum Gasteiger partial charge on any atom is 0.338 e. The van der Waals surface area contributed by atoms with Gasteiger partial charge in [-0.05, 0) is 137 Å². The number of hydrogen-bond acceptors (Lipinski definition) is 7. The predicted octanol–water partition coefficient (Wildman–Crippen LogP) is 7.72. The number of ether oxygens (including phenoxy) is 2. The van der Waals surface area contributed by atoms with E-state index in [0.29, 0.717) is 24.2 Å². The van der Waals surface area contributed by atoms with Gasteiger partial charge >= 0.3 is 5.97 Å². The molecule has 0 spiro atoms. The highest BCUT2D eigenvalue weighted by Gasteiger charge is 2.72. The molecule has 5 fully saturated rings. The minimum atomic E-state index is -0.649. The summed E-state index contributed by atoms with van der Waals surface area (Å²) in [6.07, 6.45) is 9.47. The van der Waals surface area contributed by atoms with E-state index < -0.39 is 23.2 Å². The Morgan fingerprint density at radius 1 is 0.818 bits per heavy atom. The van der Waals surface area contributed by atoms with E-state index in [4.69, 9.17) is 9.47 Å². The normalized spacial score (nSPS) is 45.9. The summed E-state index contributed by atoms with van der Waals surface area (Å²) in [5, 5.41) is 41.8. The smallest absolute Gasteiger partial charge is 0.338 e. The van der Waals surface area contributed by atoms with E-state index in [1.807, 2.05) is 0 Å². The zero-order chi connectivity index (χ0) is 32.3. The highest BCUT2D eigenvalue weighted by atomic mass is 16.5. The minimum Gasteiger partial charge on any atom is -0.504 e. The molecule has 1 aromatic rings. The van der Waals surface area contributed by atoms with Crippen molar-refractivity contribution in [3.63, 3.8) is 0 Å². The summed E-state index contributed by atoms with van der Waals surface area (Å²) in [4.78, 5) is 13.2. The van der Waals surface area contributed by atoms with Gasteiger partial charge in [0.15, 0.2) is 17.2 Å². The third kappa shape index (κ3) is 4.45. The summed E-state index contributed by atoms with van der Waals surface area (Å²) in [5.41, 5.74) is -0.501. The van der Waals surface area contributed by atoms with E-state index in [-0.39, 0.29) is 56.6 Å². The van der Waals surface area contributed by atoms with Crippen LogP contribution in [0.2, 0.25) is 0 Å². The second-order valence-corrected chi connectivity index (χ2v) is 17.6. The zero-order valence-corrected chi connectivity index (χ0v) is 28.2. The van der Waals surface area contributed by atoms with Gasteiger partial charge in [-0.1, -0.05) is 34.6 Å². The quantitative estimate of drug-likeness (QED) is 0.204. The molecule has 246 valence electrons. The molecule has 7 nitrogen and oxygen atoms in total. The van der Waals surface area contributed by atoms with Gasteiger partial charge in [-0.3, -0.25) is 0 Å². The van der Waals surface area contributed by atoms with Crippen LogP contribution in [0.1, 0.15) is 130 Å². The van der Waals surface area contributed by atoms with Gasteiger partial charge in [0.25, 0.3) is 0 Å². The van der Waals surface area contributed by atoms with Crippen LogP contribution in [0.3, 0.4) is 0 Å². The lowest BCUT2D eigenvalue weighted by atomic mass is 9.35. The Labute approximate surface area is 263 Å². The number of aliphatic hydroxyl groups is 1. The van der Waals surface area contributed by atoms with E-state index in [9.17, 15) is 25.2 Å². The van der Waals surface area contributed by atoms with Crippen molar-refractivity contribution >= 4 is 5.97 Å². The van der Waals surface area contributed by atoms with Gasteiger partial charge in [0, 0.05) is 5.41 Å². The molecule has 4 saturated carbocycles. The van der Waals surface area contributed by atoms with Crippen LogP contribution in [0.15, 0.2) is 12.1 Å². The largest absolute Gasteiger partial charge is 0.504 e. The van der Waals surface area contributed by atoms with Gasteiger partial charge < -0.3 is 29.9 Å². The Bertz CT molecular complexity index is 1300. The fourth-order valence-corrected chi connectivity index (χ4v) is 12.4. The van der Waals surface area contributed by atoms with Crippen molar-refractivity contribution in [2.24, 2.45) is 45.3 Å². The molecule has 0 aromatic heterocycles. The first-order valence-corrected chi connectivity index (χ1v) is 17.1. The Morgan fingerprint density at radius 2 is 1.45 bits per heavy atom. The van der Waals surface area contributed by atoms with Gasteiger partial charge in [-0.15, -0.1) is 0 Å². The van der Waals surface area contributed by atoms with E-state index in [2.05, 4.69) is 55.4 Å².